The van der Waals surface area contributed by atoms with Crippen molar-refractivity contribution < 1.29 is 14.3 Å². The van der Waals surface area contributed by atoms with Crippen LogP contribution in [0.4, 0.5) is 0 Å². The van der Waals surface area contributed by atoms with Gasteiger partial charge in [-0.2, -0.15) is 0 Å². The first-order chi connectivity index (χ1) is 10.1. The van der Waals surface area contributed by atoms with Crippen LogP contribution in [-0.2, 0) is 6.42 Å². The molecule has 0 amide bonds. The molecule has 0 aromatic heterocycles. The molecule has 2 aromatic rings. The Morgan fingerprint density at radius 1 is 1.05 bits per heavy atom. The first-order valence-electron chi connectivity index (χ1n) is 6.38. The molecule has 0 radical (unpaired) electrons. The van der Waals surface area contributed by atoms with E-state index in [1.165, 1.54) is 0 Å². The van der Waals surface area contributed by atoms with Crippen LogP contribution in [0.5, 0.6) is 11.5 Å². The lowest BCUT2D eigenvalue weighted by Gasteiger charge is -2.12. The molecule has 3 rings (SSSR count). The van der Waals surface area contributed by atoms with Gasteiger partial charge in [-0.25, -0.2) is 0 Å². The number of ether oxygens (including phenoxy) is 2. The minimum atomic E-state index is 0.0611. The smallest absolute Gasteiger partial charge is 0.168 e. The molecule has 21 heavy (non-hydrogen) atoms. The van der Waals surface area contributed by atoms with Crippen LogP contribution < -0.4 is 9.47 Å². The fraction of sp³-hybridized carbons (Fsp3) is 0.188. The molecule has 1 aliphatic rings. The maximum absolute atomic E-state index is 12.4. The first kappa shape index (κ1) is 14.3. The number of methoxy groups -OCH3 is 2. The highest BCUT2D eigenvalue weighted by molar-refractivity contribution is 7.99. The number of ketones is 1. The van der Waals surface area contributed by atoms with E-state index in [2.05, 4.69) is 0 Å². The molecule has 0 unspecified atom stereocenters. The summed E-state index contributed by atoms with van der Waals surface area (Å²) in [5.74, 6) is 1.35. The molecule has 3 nitrogen and oxygen atoms in total. The quantitative estimate of drug-likeness (QED) is 0.828. The molecule has 2 aromatic carbocycles. The highest BCUT2D eigenvalue weighted by Crippen LogP contribution is 2.42. The average Bonchev–Trinajstić information content (AvgIpc) is 2.62. The van der Waals surface area contributed by atoms with Gasteiger partial charge in [-0.15, -0.1) is 0 Å². The second-order valence-electron chi connectivity index (χ2n) is 4.66. The van der Waals surface area contributed by atoms with E-state index in [1.54, 1.807) is 38.1 Å². The van der Waals surface area contributed by atoms with E-state index < -0.39 is 0 Å². The minimum absolute atomic E-state index is 0.0611. The zero-order valence-electron chi connectivity index (χ0n) is 11.6. The van der Waals surface area contributed by atoms with Crippen LogP contribution in [0.1, 0.15) is 15.9 Å². The molecule has 0 N–H and O–H groups in total. The lowest BCUT2D eigenvalue weighted by atomic mass is 10.0. The summed E-state index contributed by atoms with van der Waals surface area (Å²) >= 11 is 7.55. The molecular weight excluding hydrogens is 308 g/mol. The molecule has 0 saturated carbocycles. The number of fused-ring (bicyclic) bond motifs is 2. The standard InChI is InChI=1S/C16H13ClO3S/c1-19-13-6-9-5-12(18)11-7-10(17)3-4-15(11)21-16(9)8-14(13)20-2/h3-4,6-8H,5H2,1-2H3. The third kappa shape index (κ3) is 2.61. The van der Waals surface area contributed by atoms with Gasteiger partial charge in [0, 0.05) is 26.8 Å². The van der Waals surface area contributed by atoms with Gasteiger partial charge in [0.05, 0.1) is 14.2 Å². The molecule has 5 heteroatoms. The second-order valence-corrected chi connectivity index (χ2v) is 6.18. The third-order valence-electron chi connectivity index (χ3n) is 3.38. The number of benzene rings is 2. The van der Waals surface area contributed by atoms with Crippen LogP contribution in [0.2, 0.25) is 5.02 Å². The number of carbonyl (C=O) groups excluding carboxylic acids is 1. The van der Waals surface area contributed by atoms with Crippen molar-refractivity contribution >= 4 is 29.1 Å². The summed E-state index contributed by atoms with van der Waals surface area (Å²) in [7, 11) is 3.19. The van der Waals surface area contributed by atoms with Crippen molar-refractivity contribution in [1.29, 1.82) is 0 Å². The maximum Gasteiger partial charge on any atom is 0.168 e. The fourth-order valence-corrected chi connectivity index (χ4v) is 3.59. The fourth-order valence-electron chi connectivity index (χ4n) is 2.33. The Bertz CT molecular complexity index is 728. The van der Waals surface area contributed by atoms with Crippen molar-refractivity contribution in [2.24, 2.45) is 0 Å². The lowest BCUT2D eigenvalue weighted by Crippen LogP contribution is -2.03. The van der Waals surface area contributed by atoms with E-state index in [0.717, 1.165) is 15.4 Å². The minimum Gasteiger partial charge on any atom is -0.493 e. The summed E-state index contributed by atoms with van der Waals surface area (Å²) in [6, 6.07) is 9.19. The highest BCUT2D eigenvalue weighted by atomic mass is 35.5. The number of hydrogen-bond acceptors (Lipinski definition) is 4. The van der Waals surface area contributed by atoms with Gasteiger partial charge in [-0.05, 0) is 35.9 Å². The van der Waals surface area contributed by atoms with Crippen LogP contribution >= 0.6 is 23.4 Å². The summed E-state index contributed by atoms with van der Waals surface area (Å²) in [5, 5.41) is 0.573. The van der Waals surface area contributed by atoms with Crippen molar-refractivity contribution in [3.8, 4) is 11.5 Å². The number of hydrogen-bond donors (Lipinski definition) is 0. The second kappa shape index (κ2) is 5.62. The molecule has 0 atom stereocenters. The SMILES string of the molecule is COc1cc2c(cc1OC)Sc1ccc(Cl)cc1C(=O)C2. The number of rotatable bonds is 2. The lowest BCUT2D eigenvalue weighted by molar-refractivity contribution is 0.0990. The van der Waals surface area contributed by atoms with Crippen LogP contribution in [0.25, 0.3) is 0 Å². The summed E-state index contributed by atoms with van der Waals surface area (Å²) in [6.45, 7) is 0. The zero-order valence-corrected chi connectivity index (χ0v) is 13.2. The predicted molar refractivity (Wildman–Crippen MR) is 83.2 cm³/mol. The Hall–Kier alpha value is -1.65. The van der Waals surface area contributed by atoms with Crippen molar-refractivity contribution in [2.45, 2.75) is 16.2 Å². The van der Waals surface area contributed by atoms with E-state index in [0.29, 0.717) is 28.5 Å². The number of halogens is 1. The van der Waals surface area contributed by atoms with Crippen molar-refractivity contribution in [3.05, 3.63) is 46.5 Å². The van der Waals surface area contributed by atoms with Crippen molar-refractivity contribution in [2.75, 3.05) is 14.2 Å². The van der Waals surface area contributed by atoms with E-state index >= 15 is 0 Å². The summed E-state index contributed by atoms with van der Waals surface area (Å²) in [5.41, 5.74) is 1.61. The van der Waals surface area contributed by atoms with E-state index in [4.69, 9.17) is 21.1 Å². The predicted octanol–water partition coefficient (Wildman–Crippen LogP) is 4.25. The molecule has 1 aliphatic heterocycles. The van der Waals surface area contributed by atoms with Crippen LogP contribution in [0, 0.1) is 0 Å². The Kier molecular flexibility index (Phi) is 3.83. The highest BCUT2D eigenvalue weighted by Gasteiger charge is 2.22. The molecule has 108 valence electrons. The Morgan fingerprint density at radius 3 is 2.48 bits per heavy atom. The van der Waals surface area contributed by atoms with Gasteiger partial charge in [0.2, 0.25) is 0 Å². The normalized spacial score (nSPS) is 13.2. The van der Waals surface area contributed by atoms with Gasteiger partial charge in [-0.3, -0.25) is 4.79 Å². The van der Waals surface area contributed by atoms with Gasteiger partial charge in [-0.1, -0.05) is 23.4 Å². The topological polar surface area (TPSA) is 35.5 Å². The molecular formula is C16H13ClO3S. The van der Waals surface area contributed by atoms with Crippen molar-refractivity contribution in [3.63, 3.8) is 0 Å². The van der Waals surface area contributed by atoms with Crippen LogP contribution in [-0.4, -0.2) is 20.0 Å². The largest absolute Gasteiger partial charge is 0.493 e. The molecule has 0 aliphatic carbocycles. The Balaban J connectivity index is 2.14. The average molecular weight is 321 g/mol. The van der Waals surface area contributed by atoms with E-state index in [9.17, 15) is 4.79 Å². The Morgan fingerprint density at radius 2 is 1.76 bits per heavy atom. The van der Waals surface area contributed by atoms with Gasteiger partial charge in [0.25, 0.3) is 0 Å². The number of Topliss-reactive ketones (excluding diaryl/α,β-unsaturated/α-hetero) is 1. The molecule has 0 fully saturated rings. The van der Waals surface area contributed by atoms with Gasteiger partial charge >= 0.3 is 0 Å². The number of carbonyl (C=O) groups is 1. The van der Waals surface area contributed by atoms with Crippen molar-refractivity contribution in [1.82, 2.24) is 0 Å². The van der Waals surface area contributed by atoms with Gasteiger partial charge in [0.15, 0.2) is 17.3 Å². The molecule has 0 spiro atoms. The van der Waals surface area contributed by atoms with Gasteiger partial charge < -0.3 is 9.47 Å². The maximum atomic E-state index is 12.4. The van der Waals surface area contributed by atoms with Crippen LogP contribution in [0.3, 0.4) is 0 Å². The summed E-state index contributed by atoms with van der Waals surface area (Å²) in [4.78, 5) is 14.3. The third-order valence-corrected chi connectivity index (χ3v) is 4.79. The first-order valence-corrected chi connectivity index (χ1v) is 7.57. The molecule has 1 heterocycles. The Labute approximate surface area is 132 Å². The monoisotopic (exact) mass is 320 g/mol. The van der Waals surface area contributed by atoms with E-state index in [-0.39, 0.29) is 5.78 Å². The zero-order chi connectivity index (χ0) is 15.0. The molecule has 0 saturated heterocycles. The van der Waals surface area contributed by atoms with Crippen LogP contribution in [0.15, 0.2) is 40.1 Å². The van der Waals surface area contributed by atoms with E-state index in [1.807, 2.05) is 18.2 Å². The molecule has 0 bridgehead atoms. The summed E-state index contributed by atoms with van der Waals surface area (Å²) in [6.07, 6.45) is 0.329. The summed E-state index contributed by atoms with van der Waals surface area (Å²) < 4.78 is 10.6. The van der Waals surface area contributed by atoms with Gasteiger partial charge in [0.1, 0.15) is 0 Å².